The van der Waals surface area contributed by atoms with Crippen LogP contribution in [0.3, 0.4) is 0 Å². The molecule has 0 amide bonds. The normalized spacial score (nSPS) is 11.7. The lowest BCUT2D eigenvalue weighted by molar-refractivity contribution is 0.324. The monoisotopic (exact) mass is 466 g/mol. The van der Waals surface area contributed by atoms with Gasteiger partial charge in [-0.15, -0.1) is 10.2 Å². The highest BCUT2D eigenvalue weighted by molar-refractivity contribution is 7.15. The van der Waals surface area contributed by atoms with Gasteiger partial charge in [0.05, 0.1) is 25.9 Å². The Morgan fingerprint density at radius 2 is 1.61 bits per heavy atom. The molecule has 0 radical (unpaired) electrons. The van der Waals surface area contributed by atoms with Crippen molar-refractivity contribution in [3.05, 3.63) is 56.8 Å². The number of aromatic nitrogens is 3. The number of nitrogens with zero attached hydrogens (tertiary/aromatic N) is 4. The van der Waals surface area contributed by atoms with Crippen molar-refractivity contribution < 1.29 is 14.2 Å². The lowest BCUT2D eigenvalue weighted by atomic mass is 10.1. The molecule has 2 aromatic carbocycles. The van der Waals surface area contributed by atoms with Gasteiger partial charge in [0, 0.05) is 24.3 Å². The average molecular weight is 467 g/mol. The average Bonchev–Trinajstić information content (AvgIpc) is 3.39. The molecule has 0 aliphatic rings. The number of fused-ring (bicyclic) bond motifs is 1. The van der Waals surface area contributed by atoms with Crippen molar-refractivity contribution in [3.63, 3.8) is 0 Å². The zero-order valence-corrected chi connectivity index (χ0v) is 20.1. The van der Waals surface area contributed by atoms with Crippen molar-refractivity contribution in [1.29, 1.82) is 0 Å². The highest BCUT2D eigenvalue weighted by Gasteiger charge is 2.19. The number of benzene rings is 2. The molecule has 4 rings (SSSR count). The van der Waals surface area contributed by atoms with E-state index in [1.807, 2.05) is 18.2 Å². The summed E-state index contributed by atoms with van der Waals surface area (Å²) < 4.78 is 18.4. The number of anilines is 1. The first-order valence-electron chi connectivity index (χ1n) is 10.6. The van der Waals surface area contributed by atoms with E-state index in [9.17, 15) is 4.79 Å². The molecule has 2 heterocycles. The smallest absolute Gasteiger partial charge is 0.276 e. The van der Waals surface area contributed by atoms with E-state index >= 15 is 0 Å². The second kappa shape index (κ2) is 9.50. The third kappa shape index (κ3) is 4.11. The van der Waals surface area contributed by atoms with Crippen LogP contribution in [-0.4, -0.2) is 49.0 Å². The van der Waals surface area contributed by atoms with Gasteiger partial charge in [0.2, 0.25) is 10.7 Å². The van der Waals surface area contributed by atoms with Crippen molar-refractivity contribution in [2.45, 2.75) is 13.8 Å². The number of methoxy groups -OCH3 is 3. The molecule has 0 N–H and O–H groups in total. The molecule has 0 unspecified atom stereocenters. The van der Waals surface area contributed by atoms with E-state index in [2.05, 4.69) is 41.1 Å². The van der Waals surface area contributed by atoms with Gasteiger partial charge in [-0.3, -0.25) is 4.79 Å². The molecule has 0 aliphatic heterocycles. The molecule has 2 aromatic heterocycles. The van der Waals surface area contributed by atoms with Crippen LogP contribution in [0.5, 0.6) is 17.2 Å². The Morgan fingerprint density at radius 1 is 0.970 bits per heavy atom. The fraction of sp³-hybridized carbons (Fsp3) is 0.292. The van der Waals surface area contributed by atoms with E-state index in [-0.39, 0.29) is 5.56 Å². The fourth-order valence-corrected chi connectivity index (χ4v) is 4.69. The first-order chi connectivity index (χ1) is 16.0. The van der Waals surface area contributed by atoms with Crippen LogP contribution in [0.2, 0.25) is 0 Å². The Balaban J connectivity index is 1.79. The minimum Gasteiger partial charge on any atom is -0.493 e. The van der Waals surface area contributed by atoms with E-state index in [1.165, 1.54) is 15.7 Å². The molecular weight excluding hydrogens is 440 g/mol. The predicted molar refractivity (Wildman–Crippen MR) is 131 cm³/mol. The third-order valence-electron chi connectivity index (χ3n) is 5.49. The summed E-state index contributed by atoms with van der Waals surface area (Å²) in [5.74, 6) is 1.85. The maximum atomic E-state index is 13.3. The highest BCUT2D eigenvalue weighted by Crippen LogP contribution is 2.40. The van der Waals surface area contributed by atoms with Crippen LogP contribution < -0.4 is 29.2 Å². The molecule has 0 aliphatic carbocycles. The summed E-state index contributed by atoms with van der Waals surface area (Å²) in [6, 6.07) is 11.7. The third-order valence-corrected chi connectivity index (χ3v) is 6.45. The van der Waals surface area contributed by atoms with Crippen molar-refractivity contribution in [1.82, 2.24) is 14.6 Å². The molecular formula is C24H26N4O4S. The Labute approximate surface area is 195 Å². The first-order valence-corrected chi connectivity index (χ1v) is 11.4. The van der Waals surface area contributed by atoms with Crippen LogP contribution in [0, 0.1) is 0 Å². The Hall–Kier alpha value is -3.59. The molecule has 0 saturated heterocycles. The van der Waals surface area contributed by atoms with E-state index < -0.39 is 0 Å². The fourth-order valence-electron chi connectivity index (χ4n) is 3.78. The van der Waals surface area contributed by atoms with Crippen molar-refractivity contribution in [2.24, 2.45) is 0 Å². The maximum Gasteiger partial charge on any atom is 0.276 e. The molecule has 0 spiro atoms. The summed E-state index contributed by atoms with van der Waals surface area (Å²) in [7, 11) is 4.63. The molecule has 0 atom stereocenters. The topological polar surface area (TPSA) is 78.2 Å². The quantitative estimate of drug-likeness (QED) is 0.394. The SMILES string of the molecule is CCN(CC)c1ccc(/C=c2/sc3nnc(-c4cc(OC)c(OC)c(OC)c4)n3c2=O)cc1. The van der Waals surface area contributed by atoms with Crippen LogP contribution in [0.25, 0.3) is 22.4 Å². The molecule has 0 saturated carbocycles. The van der Waals surface area contributed by atoms with Gasteiger partial charge in [-0.25, -0.2) is 4.40 Å². The van der Waals surface area contributed by atoms with Crippen LogP contribution in [0.15, 0.2) is 41.2 Å². The summed E-state index contributed by atoms with van der Waals surface area (Å²) >= 11 is 1.30. The van der Waals surface area contributed by atoms with Gasteiger partial charge in [0.25, 0.3) is 5.56 Å². The number of rotatable bonds is 8. The lowest BCUT2D eigenvalue weighted by Gasteiger charge is -2.20. The second-order valence-corrected chi connectivity index (χ2v) is 8.24. The van der Waals surface area contributed by atoms with Gasteiger partial charge in [-0.05, 0) is 49.8 Å². The minimum absolute atomic E-state index is 0.170. The molecule has 9 heteroatoms. The van der Waals surface area contributed by atoms with Crippen LogP contribution in [0.1, 0.15) is 19.4 Å². The Bertz CT molecular complexity index is 1350. The number of ether oxygens (including phenoxy) is 3. The first kappa shape index (κ1) is 22.6. The van der Waals surface area contributed by atoms with Gasteiger partial charge in [0.15, 0.2) is 17.3 Å². The summed E-state index contributed by atoms with van der Waals surface area (Å²) in [4.78, 5) is 16.1. The standard InChI is InChI=1S/C24H26N4O4S/c1-6-27(7-2)17-10-8-15(9-11-17)12-20-23(29)28-22(25-26-24(28)33-20)16-13-18(30-3)21(32-5)19(14-16)31-4/h8-14H,6-7H2,1-5H3/b20-12+. The predicted octanol–water partition coefficient (Wildman–Crippen LogP) is 3.24. The molecule has 33 heavy (non-hydrogen) atoms. The molecule has 172 valence electrons. The van der Waals surface area contributed by atoms with E-state index in [0.29, 0.717) is 38.1 Å². The van der Waals surface area contributed by atoms with Crippen molar-refractivity contribution in [3.8, 4) is 28.6 Å². The summed E-state index contributed by atoms with van der Waals surface area (Å²) in [6.07, 6.45) is 1.88. The number of thiazole rings is 1. The summed E-state index contributed by atoms with van der Waals surface area (Å²) in [5, 5.41) is 8.47. The molecule has 0 bridgehead atoms. The Morgan fingerprint density at radius 3 is 2.15 bits per heavy atom. The Kier molecular flexibility index (Phi) is 6.50. The summed E-state index contributed by atoms with van der Waals surface area (Å²) in [5.41, 5.74) is 2.59. The zero-order chi connectivity index (χ0) is 23.5. The van der Waals surface area contributed by atoms with E-state index in [4.69, 9.17) is 14.2 Å². The van der Waals surface area contributed by atoms with Crippen LogP contribution in [-0.2, 0) is 0 Å². The van der Waals surface area contributed by atoms with E-state index in [1.54, 1.807) is 33.5 Å². The number of hydrogen-bond acceptors (Lipinski definition) is 8. The largest absolute Gasteiger partial charge is 0.493 e. The highest BCUT2D eigenvalue weighted by atomic mass is 32.1. The molecule has 0 fully saturated rings. The second-order valence-electron chi connectivity index (χ2n) is 7.24. The minimum atomic E-state index is -0.170. The van der Waals surface area contributed by atoms with Crippen LogP contribution in [0.4, 0.5) is 5.69 Å². The van der Waals surface area contributed by atoms with Crippen LogP contribution >= 0.6 is 11.3 Å². The van der Waals surface area contributed by atoms with Gasteiger partial charge >= 0.3 is 0 Å². The van der Waals surface area contributed by atoms with E-state index in [0.717, 1.165) is 24.3 Å². The zero-order valence-electron chi connectivity index (χ0n) is 19.3. The molecule has 8 nitrogen and oxygen atoms in total. The van der Waals surface area contributed by atoms with Crippen molar-refractivity contribution in [2.75, 3.05) is 39.3 Å². The molecule has 4 aromatic rings. The lowest BCUT2D eigenvalue weighted by Crippen LogP contribution is -2.23. The number of hydrogen-bond donors (Lipinski definition) is 0. The van der Waals surface area contributed by atoms with Gasteiger partial charge in [-0.2, -0.15) is 0 Å². The maximum absolute atomic E-state index is 13.3. The van der Waals surface area contributed by atoms with Gasteiger partial charge in [-0.1, -0.05) is 23.5 Å². The summed E-state index contributed by atoms with van der Waals surface area (Å²) in [6.45, 7) is 6.16. The van der Waals surface area contributed by atoms with Crippen molar-refractivity contribution >= 4 is 28.1 Å². The van der Waals surface area contributed by atoms with Gasteiger partial charge in [0.1, 0.15) is 0 Å². The van der Waals surface area contributed by atoms with Gasteiger partial charge < -0.3 is 19.1 Å².